The lowest BCUT2D eigenvalue weighted by atomic mass is 10.3. The topological polar surface area (TPSA) is 81.4 Å². The van der Waals surface area contributed by atoms with E-state index in [2.05, 4.69) is 20.7 Å². The maximum atomic E-state index is 13.1. The lowest BCUT2D eigenvalue weighted by Crippen LogP contribution is -2.27. The normalized spacial score (nSPS) is 11.7. The van der Waals surface area contributed by atoms with Crippen molar-refractivity contribution in [2.45, 2.75) is 4.90 Å². The van der Waals surface area contributed by atoms with Crippen LogP contribution in [0.25, 0.3) is 0 Å². The zero-order valence-corrected chi connectivity index (χ0v) is 11.4. The molecule has 0 fully saturated rings. The van der Waals surface area contributed by atoms with E-state index in [1.807, 2.05) is 0 Å². The second kappa shape index (κ2) is 5.76. The average molecular weight is 327 g/mol. The molecule has 0 aliphatic carbocycles. The molecule has 0 saturated carbocycles. The van der Waals surface area contributed by atoms with Gasteiger partial charge in [-0.25, -0.2) is 17.5 Å². The summed E-state index contributed by atoms with van der Waals surface area (Å²) in [6.45, 7) is 0.371. The lowest BCUT2D eigenvalue weighted by Gasteiger charge is -2.09. The minimum atomic E-state index is -3.73. The molecule has 3 N–H and O–H groups in total. The van der Waals surface area contributed by atoms with Crippen LogP contribution in [-0.2, 0) is 14.8 Å². The van der Waals surface area contributed by atoms with Crippen LogP contribution in [0.1, 0.15) is 0 Å². The number of sulfonamides is 1. The molecule has 0 aliphatic heterocycles. The Morgan fingerprint density at radius 3 is 2.76 bits per heavy atom. The highest BCUT2D eigenvalue weighted by Gasteiger charge is 2.19. The molecule has 1 rings (SSSR count). The molecule has 0 spiro atoms. The minimum Gasteiger partial charge on any atom is -0.396 e. The number of ether oxygens (including phenoxy) is 1. The van der Waals surface area contributed by atoms with Crippen LogP contribution in [0.3, 0.4) is 0 Å². The molecule has 0 aliphatic rings. The quantitative estimate of drug-likeness (QED) is 0.627. The SMILES string of the molecule is COCCNS(=O)(=O)c1cc(N)c(F)cc1Br. The first-order chi connectivity index (χ1) is 7.88. The molecule has 0 saturated heterocycles. The average Bonchev–Trinajstić information content (AvgIpc) is 2.23. The third-order valence-electron chi connectivity index (χ3n) is 1.94. The fourth-order valence-corrected chi connectivity index (χ4v) is 3.17. The van der Waals surface area contributed by atoms with E-state index in [4.69, 9.17) is 10.5 Å². The van der Waals surface area contributed by atoms with E-state index in [0.29, 0.717) is 0 Å². The van der Waals surface area contributed by atoms with Gasteiger partial charge in [0, 0.05) is 18.1 Å². The Balaban J connectivity index is 3.03. The number of anilines is 1. The fourth-order valence-electron chi connectivity index (χ4n) is 1.11. The number of nitrogens with one attached hydrogen (secondary N) is 1. The van der Waals surface area contributed by atoms with Gasteiger partial charge in [0.2, 0.25) is 10.0 Å². The molecule has 0 heterocycles. The highest BCUT2D eigenvalue weighted by molar-refractivity contribution is 9.10. The number of rotatable bonds is 5. The predicted molar refractivity (Wildman–Crippen MR) is 65.6 cm³/mol. The van der Waals surface area contributed by atoms with Gasteiger partial charge in [-0.1, -0.05) is 0 Å². The monoisotopic (exact) mass is 326 g/mol. The molecule has 5 nitrogen and oxygen atoms in total. The summed E-state index contributed by atoms with van der Waals surface area (Å²) in [5.41, 5.74) is 5.11. The summed E-state index contributed by atoms with van der Waals surface area (Å²) in [7, 11) is -2.27. The molecule has 0 atom stereocenters. The van der Waals surface area contributed by atoms with Crippen LogP contribution >= 0.6 is 15.9 Å². The van der Waals surface area contributed by atoms with Crippen molar-refractivity contribution in [1.82, 2.24) is 4.72 Å². The summed E-state index contributed by atoms with van der Waals surface area (Å²) in [4.78, 5) is -0.104. The van der Waals surface area contributed by atoms with Gasteiger partial charge in [0.05, 0.1) is 17.2 Å². The summed E-state index contributed by atoms with van der Waals surface area (Å²) in [6.07, 6.45) is 0. The van der Waals surface area contributed by atoms with Gasteiger partial charge in [0.25, 0.3) is 0 Å². The summed E-state index contributed by atoms with van der Waals surface area (Å²) in [5.74, 6) is -0.673. The van der Waals surface area contributed by atoms with Gasteiger partial charge in [-0.3, -0.25) is 0 Å². The maximum Gasteiger partial charge on any atom is 0.241 e. The van der Waals surface area contributed by atoms with Crippen LogP contribution in [0.4, 0.5) is 10.1 Å². The molecule has 1 aromatic rings. The molecule has 17 heavy (non-hydrogen) atoms. The van der Waals surface area contributed by atoms with Gasteiger partial charge in [-0.2, -0.15) is 0 Å². The Hall–Kier alpha value is -0.700. The summed E-state index contributed by atoms with van der Waals surface area (Å²) in [6, 6.07) is 2.08. The minimum absolute atomic E-state index is 0.104. The first-order valence-corrected chi connectivity index (χ1v) is 6.89. The largest absolute Gasteiger partial charge is 0.396 e. The number of nitrogen functional groups attached to an aromatic ring is 1. The number of benzene rings is 1. The van der Waals surface area contributed by atoms with Crippen molar-refractivity contribution in [3.8, 4) is 0 Å². The van der Waals surface area contributed by atoms with Crippen molar-refractivity contribution < 1.29 is 17.5 Å². The molecule has 0 unspecified atom stereocenters. The van der Waals surface area contributed by atoms with E-state index >= 15 is 0 Å². The smallest absolute Gasteiger partial charge is 0.241 e. The summed E-state index contributed by atoms with van der Waals surface area (Å²) in [5, 5.41) is 0. The van der Waals surface area contributed by atoms with Gasteiger partial charge >= 0.3 is 0 Å². The van der Waals surface area contributed by atoms with Crippen molar-refractivity contribution in [3.63, 3.8) is 0 Å². The first-order valence-electron chi connectivity index (χ1n) is 4.61. The van der Waals surface area contributed by atoms with Crippen LogP contribution in [0, 0.1) is 5.82 Å². The molecule has 0 radical (unpaired) electrons. The van der Waals surface area contributed by atoms with Crippen molar-refractivity contribution in [3.05, 3.63) is 22.4 Å². The molecule has 1 aromatic carbocycles. The van der Waals surface area contributed by atoms with Gasteiger partial charge in [0.1, 0.15) is 5.82 Å². The van der Waals surface area contributed by atoms with Gasteiger partial charge < -0.3 is 10.5 Å². The number of methoxy groups -OCH3 is 1. The molecule has 8 heteroatoms. The zero-order chi connectivity index (χ0) is 13.1. The van der Waals surface area contributed by atoms with E-state index in [1.165, 1.54) is 7.11 Å². The Bertz CT molecular complexity index is 507. The van der Waals surface area contributed by atoms with Crippen molar-refractivity contribution >= 4 is 31.6 Å². The second-order valence-electron chi connectivity index (χ2n) is 3.19. The van der Waals surface area contributed by atoms with Crippen LogP contribution in [0.5, 0.6) is 0 Å². The number of hydrogen-bond acceptors (Lipinski definition) is 4. The van der Waals surface area contributed by atoms with E-state index in [-0.39, 0.29) is 28.2 Å². The van der Waals surface area contributed by atoms with Crippen LogP contribution in [0.15, 0.2) is 21.5 Å². The van der Waals surface area contributed by atoms with Crippen LogP contribution in [0.2, 0.25) is 0 Å². The van der Waals surface area contributed by atoms with Crippen LogP contribution in [-0.4, -0.2) is 28.7 Å². The molecule has 0 amide bonds. The molecular formula is C9H12BrFN2O3S. The molecule has 96 valence electrons. The zero-order valence-electron chi connectivity index (χ0n) is 9.04. The Kier molecular flexibility index (Phi) is 4.87. The van der Waals surface area contributed by atoms with E-state index < -0.39 is 15.8 Å². The van der Waals surface area contributed by atoms with E-state index in [9.17, 15) is 12.8 Å². The standard InChI is InChI=1S/C9H12BrFN2O3S/c1-16-3-2-13-17(14,15)9-5-8(12)7(11)4-6(9)10/h4-5,13H,2-3,12H2,1H3. The number of hydrogen-bond donors (Lipinski definition) is 2. The van der Waals surface area contributed by atoms with Crippen molar-refractivity contribution in [2.75, 3.05) is 26.0 Å². The van der Waals surface area contributed by atoms with Gasteiger partial charge in [-0.05, 0) is 28.1 Å². The molecule has 0 bridgehead atoms. The lowest BCUT2D eigenvalue weighted by molar-refractivity contribution is 0.204. The Morgan fingerprint density at radius 2 is 2.18 bits per heavy atom. The summed E-state index contributed by atoms with van der Waals surface area (Å²) >= 11 is 2.98. The predicted octanol–water partition coefficient (Wildman–Crippen LogP) is 1.10. The fraction of sp³-hybridized carbons (Fsp3) is 0.333. The van der Waals surface area contributed by atoms with Crippen molar-refractivity contribution in [2.24, 2.45) is 0 Å². The van der Waals surface area contributed by atoms with E-state index in [0.717, 1.165) is 12.1 Å². The van der Waals surface area contributed by atoms with Crippen molar-refractivity contribution in [1.29, 1.82) is 0 Å². The number of nitrogens with two attached hydrogens (primary N) is 1. The highest BCUT2D eigenvalue weighted by Crippen LogP contribution is 2.26. The maximum absolute atomic E-state index is 13.1. The Labute approximate surface area is 107 Å². The third kappa shape index (κ3) is 3.63. The molecular weight excluding hydrogens is 315 g/mol. The number of halogens is 2. The summed E-state index contributed by atoms with van der Waals surface area (Å²) < 4.78 is 43.8. The third-order valence-corrected chi connectivity index (χ3v) is 4.36. The van der Waals surface area contributed by atoms with E-state index in [1.54, 1.807) is 0 Å². The second-order valence-corrected chi connectivity index (χ2v) is 5.78. The highest BCUT2D eigenvalue weighted by atomic mass is 79.9. The van der Waals surface area contributed by atoms with Gasteiger partial charge in [-0.15, -0.1) is 0 Å². The van der Waals surface area contributed by atoms with Gasteiger partial charge in [0.15, 0.2) is 0 Å². The first kappa shape index (κ1) is 14.4. The van der Waals surface area contributed by atoms with Crippen LogP contribution < -0.4 is 10.5 Å². The Morgan fingerprint density at radius 1 is 1.53 bits per heavy atom. The molecule has 0 aromatic heterocycles.